The first-order chi connectivity index (χ1) is 19.0. The molecule has 0 saturated carbocycles. The zero-order valence-electron chi connectivity index (χ0n) is 20.6. The molecule has 0 aliphatic rings. The van der Waals surface area contributed by atoms with Crippen LogP contribution in [0.2, 0.25) is 0 Å². The van der Waals surface area contributed by atoms with Gasteiger partial charge in [-0.1, -0.05) is 25.2 Å². The number of ether oxygens (including phenoxy) is 1. The maximum Gasteiger partial charge on any atom is 0.432 e. The smallest absolute Gasteiger partial charge is 0.429 e. The van der Waals surface area contributed by atoms with E-state index in [1.165, 1.54) is 12.4 Å². The molecule has 0 atom stereocenters. The quantitative estimate of drug-likeness (QED) is 0.131. The zero-order chi connectivity index (χ0) is 29.0. The lowest BCUT2D eigenvalue weighted by Crippen LogP contribution is -2.25. The standard InChI is InChI=1S/C29H18F8N2O/c1-2-3-4-17-14-38-28(39-15-17)19-11-22(31)26(23(32)12-19)29(36,37)40-20-8-7-18(21(30)13-20)6-5-16-9-24(33)27(35)25(34)10-16/h7-15H,2-4H2,1H3. The second kappa shape index (κ2) is 11.7. The predicted octanol–water partition coefficient (Wildman–Crippen LogP) is 7.85. The topological polar surface area (TPSA) is 35.0 Å². The monoisotopic (exact) mass is 562 g/mol. The van der Waals surface area contributed by atoms with Crippen LogP contribution in [0.5, 0.6) is 5.75 Å². The summed E-state index contributed by atoms with van der Waals surface area (Å²) in [6, 6.07) is 4.69. The van der Waals surface area contributed by atoms with E-state index in [0.29, 0.717) is 36.8 Å². The zero-order valence-corrected chi connectivity index (χ0v) is 20.6. The Morgan fingerprint density at radius 1 is 0.775 bits per heavy atom. The summed E-state index contributed by atoms with van der Waals surface area (Å²) in [5, 5.41) is 0. The lowest BCUT2D eigenvalue weighted by atomic mass is 10.1. The van der Waals surface area contributed by atoms with Crippen molar-refractivity contribution in [3.8, 4) is 29.0 Å². The summed E-state index contributed by atoms with van der Waals surface area (Å²) >= 11 is 0. The number of halogens is 8. The fourth-order valence-electron chi connectivity index (χ4n) is 3.62. The molecule has 4 rings (SSSR count). The molecule has 0 saturated heterocycles. The summed E-state index contributed by atoms with van der Waals surface area (Å²) < 4.78 is 118. The number of benzene rings is 3. The van der Waals surface area contributed by atoms with Gasteiger partial charge in [0.25, 0.3) is 0 Å². The van der Waals surface area contributed by atoms with Crippen LogP contribution in [0.4, 0.5) is 35.1 Å². The van der Waals surface area contributed by atoms with Gasteiger partial charge in [-0.15, -0.1) is 0 Å². The molecule has 1 aromatic heterocycles. The van der Waals surface area contributed by atoms with Crippen LogP contribution in [0, 0.1) is 46.7 Å². The average molecular weight is 562 g/mol. The summed E-state index contributed by atoms with van der Waals surface area (Å²) in [4.78, 5) is 8.08. The minimum Gasteiger partial charge on any atom is -0.429 e. The van der Waals surface area contributed by atoms with E-state index < -0.39 is 52.3 Å². The predicted molar refractivity (Wildman–Crippen MR) is 129 cm³/mol. The third kappa shape index (κ3) is 6.39. The van der Waals surface area contributed by atoms with Crippen molar-refractivity contribution in [3.05, 3.63) is 112 Å². The first kappa shape index (κ1) is 28.5. The third-order valence-corrected chi connectivity index (χ3v) is 5.63. The van der Waals surface area contributed by atoms with Crippen molar-refractivity contribution in [1.82, 2.24) is 9.97 Å². The van der Waals surface area contributed by atoms with Gasteiger partial charge < -0.3 is 4.74 Å². The van der Waals surface area contributed by atoms with Crippen molar-refractivity contribution in [2.24, 2.45) is 0 Å². The van der Waals surface area contributed by atoms with Gasteiger partial charge in [-0.05, 0) is 54.8 Å². The summed E-state index contributed by atoms with van der Waals surface area (Å²) in [7, 11) is 0. The fourth-order valence-corrected chi connectivity index (χ4v) is 3.62. The highest BCUT2D eigenvalue weighted by atomic mass is 19.3. The van der Waals surface area contributed by atoms with Crippen molar-refractivity contribution in [1.29, 1.82) is 0 Å². The number of unbranched alkanes of at least 4 members (excludes halogenated alkanes) is 1. The molecule has 0 radical (unpaired) electrons. The van der Waals surface area contributed by atoms with Crippen LogP contribution in [0.3, 0.4) is 0 Å². The molecule has 0 unspecified atom stereocenters. The normalized spacial score (nSPS) is 11.2. The highest BCUT2D eigenvalue weighted by Crippen LogP contribution is 2.37. The molecule has 0 fully saturated rings. The van der Waals surface area contributed by atoms with Crippen molar-refractivity contribution in [2.75, 3.05) is 0 Å². The molecule has 11 heteroatoms. The van der Waals surface area contributed by atoms with Gasteiger partial charge in [-0.25, -0.2) is 36.3 Å². The van der Waals surface area contributed by atoms with Gasteiger partial charge in [0, 0.05) is 29.6 Å². The molecule has 0 N–H and O–H groups in total. The fraction of sp³-hybridized carbons (Fsp3) is 0.172. The van der Waals surface area contributed by atoms with Crippen molar-refractivity contribution in [3.63, 3.8) is 0 Å². The van der Waals surface area contributed by atoms with Crippen LogP contribution in [-0.4, -0.2) is 9.97 Å². The van der Waals surface area contributed by atoms with Crippen molar-refractivity contribution in [2.45, 2.75) is 32.3 Å². The largest absolute Gasteiger partial charge is 0.432 e. The first-order valence-electron chi connectivity index (χ1n) is 11.8. The Morgan fingerprint density at radius 3 is 1.98 bits per heavy atom. The Balaban J connectivity index is 1.54. The Bertz CT molecular complexity index is 1570. The van der Waals surface area contributed by atoms with E-state index in [9.17, 15) is 35.1 Å². The molecule has 3 aromatic carbocycles. The third-order valence-electron chi connectivity index (χ3n) is 5.63. The number of hydrogen-bond donors (Lipinski definition) is 0. The maximum atomic E-state index is 14.8. The van der Waals surface area contributed by atoms with Gasteiger partial charge in [-0.2, -0.15) is 8.78 Å². The number of rotatable bonds is 7. The molecule has 0 aliphatic heterocycles. The minimum absolute atomic E-state index is 0.0706. The lowest BCUT2D eigenvalue weighted by molar-refractivity contribution is -0.189. The Hall–Kier alpha value is -4.46. The molecule has 3 nitrogen and oxygen atoms in total. The summed E-state index contributed by atoms with van der Waals surface area (Å²) in [5.41, 5.74) is -1.77. The molecule has 206 valence electrons. The molecular weight excluding hydrogens is 544 g/mol. The van der Waals surface area contributed by atoms with E-state index in [0.717, 1.165) is 30.5 Å². The van der Waals surface area contributed by atoms with Crippen molar-refractivity contribution < 1.29 is 39.9 Å². The van der Waals surface area contributed by atoms with E-state index >= 15 is 0 Å². The van der Waals surface area contributed by atoms with Gasteiger partial charge in [0.05, 0.1) is 5.56 Å². The molecule has 0 aliphatic carbocycles. The molecule has 1 heterocycles. The molecule has 0 bridgehead atoms. The number of nitrogens with zero attached hydrogens (tertiary/aromatic N) is 2. The van der Waals surface area contributed by atoms with Crippen LogP contribution in [0.1, 0.15) is 42.0 Å². The molecule has 0 spiro atoms. The Labute approximate surface area is 223 Å². The lowest BCUT2D eigenvalue weighted by Gasteiger charge is -2.20. The second-order valence-corrected chi connectivity index (χ2v) is 8.60. The molecule has 40 heavy (non-hydrogen) atoms. The molecular formula is C29H18F8N2O. The maximum absolute atomic E-state index is 14.8. The molecule has 0 amide bonds. The molecule has 4 aromatic rings. The summed E-state index contributed by atoms with van der Waals surface area (Å²) in [5.74, 6) is -5.59. The number of alkyl halides is 2. The van der Waals surface area contributed by atoms with Crippen LogP contribution < -0.4 is 4.74 Å². The van der Waals surface area contributed by atoms with Crippen LogP contribution in [0.15, 0.2) is 54.9 Å². The van der Waals surface area contributed by atoms with E-state index in [4.69, 9.17) is 0 Å². The first-order valence-corrected chi connectivity index (χ1v) is 11.8. The number of hydrogen-bond acceptors (Lipinski definition) is 3. The number of aromatic nitrogens is 2. The van der Waals surface area contributed by atoms with Gasteiger partial charge in [0.1, 0.15) is 28.8 Å². The summed E-state index contributed by atoms with van der Waals surface area (Å²) in [6.07, 6.45) is 0.971. The van der Waals surface area contributed by atoms with Crippen LogP contribution in [0.25, 0.3) is 11.4 Å². The highest BCUT2D eigenvalue weighted by Gasteiger charge is 2.41. The van der Waals surface area contributed by atoms with Crippen LogP contribution in [-0.2, 0) is 12.5 Å². The van der Waals surface area contributed by atoms with Crippen LogP contribution >= 0.6 is 0 Å². The van der Waals surface area contributed by atoms with Gasteiger partial charge in [-0.3, -0.25) is 0 Å². The van der Waals surface area contributed by atoms with E-state index in [-0.39, 0.29) is 22.5 Å². The second-order valence-electron chi connectivity index (χ2n) is 8.60. The van der Waals surface area contributed by atoms with E-state index in [1.807, 2.05) is 6.92 Å². The van der Waals surface area contributed by atoms with Crippen molar-refractivity contribution >= 4 is 0 Å². The Kier molecular flexibility index (Phi) is 8.38. The van der Waals surface area contributed by atoms with E-state index in [1.54, 1.807) is 0 Å². The SMILES string of the molecule is CCCCc1cnc(-c2cc(F)c(C(F)(F)Oc3ccc(C#Cc4cc(F)c(F)c(F)c4)c(F)c3)c(F)c2)nc1. The number of aryl methyl sites for hydroxylation is 1. The van der Waals surface area contributed by atoms with E-state index in [2.05, 4.69) is 26.5 Å². The van der Waals surface area contributed by atoms with Gasteiger partial charge >= 0.3 is 6.11 Å². The summed E-state index contributed by atoms with van der Waals surface area (Å²) in [6.45, 7) is 2.01. The van der Waals surface area contributed by atoms with Gasteiger partial charge in [0.15, 0.2) is 23.3 Å². The average Bonchev–Trinajstić information content (AvgIpc) is 2.89. The van der Waals surface area contributed by atoms with Gasteiger partial charge in [0.2, 0.25) is 0 Å². The minimum atomic E-state index is -4.56. The Morgan fingerprint density at radius 2 is 1.40 bits per heavy atom. The highest BCUT2D eigenvalue weighted by molar-refractivity contribution is 5.56.